The molecule has 0 rings (SSSR count). The fourth-order valence-electron chi connectivity index (χ4n) is 11.7. The Kier molecular flexibility index (Phi) is 65.0. The van der Waals surface area contributed by atoms with Crippen LogP contribution in [0.5, 0.6) is 0 Å². The zero-order valence-corrected chi connectivity index (χ0v) is 64.8. The topological polar surface area (TPSA) is 237 Å². The van der Waals surface area contributed by atoms with Crippen molar-refractivity contribution in [3.05, 3.63) is 0 Å². The molecule has 0 aromatic carbocycles. The summed E-state index contributed by atoms with van der Waals surface area (Å²) in [5, 5.41) is 10.6. The van der Waals surface area contributed by atoms with Gasteiger partial charge >= 0.3 is 39.5 Å². The quantitative estimate of drug-likeness (QED) is 0.0222. The Morgan fingerprint density at radius 1 is 0.292 bits per heavy atom. The van der Waals surface area contributed by atoms with Crippen LogP contribution >= 0.6 is 15.6 Å². The summed E-state index contributed by atoms with van der Waals surface area (Å²) < 4.78 is 68.6. The van der Waals surface area contributed by atoms with Crippen LogP contribution in [0.4, 0.5) is 0 Å². The maximum Gasteiger partial charge on any atom is 0.472 e. The second-order valence-electron chi connectivity index (χ2n) is 29.2. The Morgan fingerprint density at radius 2 is 0.500 bits per heavy atom. The molecular weight excluding hydrogens is 1260 g/mol. The van der Waals surface area contributed by atoms with Crippen molar-refractivity contribution in [2.45, 2.75) is 408 Å². The van der Waals surface area contributed by atoms with Crippen LogP contribution in [0.3, 0.4) is 0 Å². The Morgan fingerprint density at radius 3 is 0.740 bits per heavy atom. The first kappa shape index (κ1) is 94.1. The van der Waals surface area contributed by atoms with E-state index in [2.05, 4.69) is 55.4 Å². The fourth-order valence-corrected chi connectivity index (χ4v) is 13.2. The molecule has 0 saturated carbocycles. The lowest BCUT2D eigenvalue weighted by Gasteiger charge is -2.21. The van der Waals surface area contributed by atoms with Crippen LogP contribution in [0.15, 0.2) is 0 Å². The van der Waals surface area contributed by atoms with Crippen molar-refractivity contribution in [2.75, 3.05) is 39.6 Å². The molecule has 0 bridgehead atoms. The molecule has 0 aromatic rings. The first-order valence-electron chi connectivity index (χ1n) is 39.8. The number of hydrogen-bond donors (Lipinski definition) is 3. The lowest BCUT2D eigenvalue weighted by Crippen LogP contribution is -2.30. The monoisotopic (exact) mass is 1410 g/mol. The molecule has 570 valence electrons. The van der Waals surface area contributed by atoms with Gasteiger partial charge in [-0.1, -0.05) is 338 Å². The molecule has 3 N–H and O–H groups in total. The molecule has 0 spiro atoms. The molecule has 0 aliphatic carbocycles. The number of rotatable bonds is 74. The van der Waals surface area contributed by atoms with Crippen LogP contribution in [-0.2, 0) is 65.4 Å². The molecule has 7 atom stereocenters. The second kappa shape index (κ2) is 66.3. The number of esters is 4. The highest BCUT2D eigenvalue weighted by molar-refractivity contribution is 7.47. The molecule has 0 aliphatic heterocycles. The summed E-state index contributed by atoms with van der Waals surface area (Å²) in [4.78, 5) is 72.9. The van der Waals surface area contributed by atoms with E-state index in [9.17, 15) is 43.2 Å². The summed E-state index contributed by atoms with van der Waals surface area (Å²) in [5.41, 5.74) is 0. The van der Waals surface area contributed by atoms with Crippen LogP contribution in [0.2, 0.25) is 0 Å². The molecule has 19 heteroatoms. The van der Waals surface area contributed by atoms with E-state index in [0.717, 1.165) is 114 Å². The smallest absolute Gasteiger partial charge is 0.462 e. The van der Waals surface area contributed by atoms with E-state index in [0.29, 0.717) is 25.7 Å². The largest absolute Gasteiger partial charge is 0.472 e. The first-order chi connectivity index (χ1) is 46.2. The van der Waals surface area contributed by atoms with Gasteiger partial charge in [-0.2, -0.15) is 0 Å². The Hall–Kier alpha value is -1.94. The Bertz CT molecular complexity index is 1890. The first-order valence-corrected chi connectivity index (χ1v) is 42.8. The van der Waals surface area contributed by atoms with E-state index < -0.39 is 97.5 Å². The molecular formula is C77H150O17P2. The summed E-state index contributed by atoms with van der Waals surface area (Å²) in [5.74, 6) is 1.00. The van der Waals surface area contributed by atoms with E-state index in [1.807, 2.05) is 0 Å². The molecule has 0 heterocycles. The summed E-state index contributed by atoms with van der Waals surface area (Å²) in [7, 11) is -9.92. The summed E-state index contributed by atoms with van der Waals surface area (Å²) in [6.07, 6.45) is 51.2. The summed E-state index contributed by atoms with van der Waals surface area (Å²) in [6.45, 7) is 14.2. The van der Waals surface area contributed by atoms with Crippen molar-refractivity contribution in [2.24, 2.45) is 23.7 Å². The van der Waals surface area contributed by atoms with Gasteiger partial charge in [0, 0.05) is 25.7 Å². The van der Waals surface area contributed by atoms with Gasteiger partial charge in [0.05, 0.1) is 26.4 Å². The van der Waals surface area contributed by atoms with Crippen LogP contribution in [-0.4, -0.2) is 96.7 Å². The van der Waals surface area contributed by atoms with E-state index in [1.165, 1.54) is 193 Å². The molecule has 96 heavy (non-hydrogen) atoms. The number of phosphoric acid groups is 2. The highest BCUT2D eigenvalue weighted by Gasteiger charge is 2.30. The molecule has 0 aliphatic rings. The predicted molar refractivity (Wildman–Crippen MR) is 391 cm³/mol. The van der Waals surface area contributed by atoms with Gasteiger partial charge in [0.15, 0.2) is 12.2 Å². The molecule has 4 unspecified atom stereocenters. The van der Waals surface area contributed by atoms with Gasteiger partial charge in [0.1, 0.15) is 19.3 Å². The lowest BCUT2D eigenvalue weighted by atomic mass is 9.99. The van der Waals surface area contributed by atoms with Crippen LogP contribution in [0.1, 0.15) is 389 Å². The van der Waals surface area contributed by atoms with Gasteiger partial charge in [-0.15, -0.1) is 0 Å². The number of aliphatic hydroxyl groups is 1. The number of phosphoric ester groups is 2. The van der Waals surface area contributed by atoms with Crippen molar-refractivity contribution in [1.82, 2.24) is 0 Å². The summed E-state index contributed by atoms with van der Waals surface area (Å²) in [6, 6.07) is 0. The third-order valence-corrected chi connectivity index (χ3v) is 20.4. The average molecular weight is 1410 g/mol. The molecule has 0 radical (unpaired) electrons. The number of unbranched alkanes of at least 4 members (excludes halogenated alkanes) is 38. The van der Waals surface area contributed by atoms with Crippen molar-refractivity contribution >= 4 is 39.5 Å². The van der Waals surface area contributed by atoms with Gasteiger partial charge in [-0.05, 0) is 49.4 Å². The number of hydrogen-bond acceptors (Lipinski definition) is 15. The fraction of sp³-hybridized carbons (Fsp3) is 0.948. The minimum absolute atomic E-state index is 0.104. The molecule has 17 nitrogen and oxygen atoms in total. The van der Waals surface area contributed by atoms with Gasteiger partial charge in [-0.25, -0.2) is 9.13 Å². The van der Waals surface area contributed by atoms with Crippen LogP contribution in [0, 0.1) is 23.7 Å². The Labute approximate surface area is 588 Å². The zero-order chi connectivity index (χ0) is 71.0. The van der Waals surface area contributed by atoms with E-state index in [-0.39, 0.29) is 25.7 Å². The number of aliphatic hydroxyl groups excluding tert-OH is 1. The average Bonchev–Trinajstić information content (AvgIpc) is 1.56. The van der Waals surface area contributed by atoms with Crippen molar-refractivity contribution < 1.29 is 80.2 Å². The van der Waals surface area contributed by atoms with Gasteiger partial charge in [0.2, 0.25) is 0 Å². The molecule has 0 aromatic heterocycles. The normalized spacial score (nSPS) is 14.7. The van der Waals surface area contributed by atoms with E-state index in [1.54, 1.807) is 0 Å². The van der Waals surface area contributed by atoms with Crippen LogP contribution in [0.25, 0.3) is 0 Å². The lowest BCUT2D eigenvalue weighted by molar-refractivity contribution is -0.161. The third-order valence-electron chi connectivity index (χ3n) is 18.5. The van der Waals surface area contributed by atoms with Crippen molar-refractivity contribution in [1.29, 1.82) is 0 Å². The van der Waals surface area contributed by atoms with Crippen molar-refractivity contribution in [3.8, 4) is 0 Å². The number of carbonyl (C=O) groups is 4. The van der Waals surface area contributed by atoms with E-state index >= 15 is 0 Å². The molecule has 0 amide bonds. The van der Waals surface area contributed by atoms with Gasteiger partial charge in [-0.3, -0.25) is 37.3 Å². The standard InChI is InChI=1S/C77H150O17P2/c1-9-69(7)55-47-39-31-25-27-34-42-50-58-75(80)88-64-73(94-77(82)60-52-44-36-28-26-32-40-48-56-70(8)10-2)66-92-96(85,86)90-62-71(78)61-89-95(83,84)91-65-72(63-87-74(79)57-49-41-33-23-19-16-15-18-22-30-38-46-54-68(5)6)93-76(81)59-51-43-35-24-20-14-12-11-13-17-21-29-37-45-53-67(3)4/h67-73,78H,9-66H2,1-8H3,(H,83,84)(H,85,86)/t69?,70?,71-,72-,73-/m1/s1. The molecule has 0 fully saturated rings. The second-order valence-corrected chi connectivity index (χ2v) is 32.1. The highest BCUT2D eigenvalue weighted by Crippen LogP contribution is 2.45. The minimum Gasteiger partial charge on any atom is -0.462 e. The van der Waals surface area contributed by atoms with E-state index in [4.69, 9.17) is 37.0 Å². The van der Waals surface area contributed by atoms with Gasteiger partial charge in [0.25, 0.3) is 0 Å². The maximum atomic E-state index is 13.1. The minimum atomic E-state index is -4.96. The van der Waals surface area contributed by atoms with Crippen LogP contribution < -0.4 is 0 Å². The molecule has 0 saturated heterocycles. The third kappa shape index (κ3) is 67.9. The number of carbonyl (C=O) groups excluding carboxylic acids is 4. The predicted octanol–water partition coefficient (Wildman–Crippen LogP) is 22.4. The summed E-state index contributed by atoms with van der Waals surface area (Å²) >= 11 is 0. The zero-order valence-electron chi connectivity index (χ0n) is 63.0. The SMILES string of the molecule is CCC(C)CCCCCCCCCCC(=O)OC[C@H](COP(=O)(O)OC[C@H](O)COP(=O)(O)OC[C@@H](COC(=O)CCCCCCCCCCCCCCC(C)C)OC(=O)CCCCCCCCCCCCCCCCC(C)C)OC(=O)CCCCCCCCCCC(C)CC. The maximum absolute atomic E-state index is 13.1. The van der Waals surface area contributed by atoms with Gasteiger partial charge < -0.3 is 33.8 Å². The highest BCUT2D eigenvalue weighted by atomic mass is 31.2. The Balaban J connectivity index is 5.27. The number of ether oxygens (including phenoxy) is 4. The van der Waals surface area contributed by atoms with Crippen molar-refractivity contribution in [3.63, 3.8) is 0 Å².